The van der Waals surface area contributed by atoms with E-state index in [1.165, 1.54) is 6.33 Å². The summed E-state index contributed by atoms with van der Waals surface area (Å²) in [6, 6.07) is 9.71. The van der Waals surface area contributed by atoms with Crippen molar-refractivity contribution in [2.75, 3.05) is 39.2 Å². The van der Waals surface area contributed by atoms with E-state index in [2.05, 4.69) is 15.3 Å². The van der Waals surface area contributed by atoms with Crippen LogP contribution in [0.3, 0.4) is 0 Å². The molecule has 2 aliphatic rings. The molecular weight excluding hydrogens is 460 g/mol. The van der Waals surface area contributed by atoms with Gasteiger partial charge in [0.05, 0.1) is 19.7 Å². The van der Waals surface area contributed by atoms with Crippen LogP contribution in [0.5, 0.6) is 17.2 Å². The first-order valence-corrected chi connectivity index (χ1v) is 12.4. The molecule has 0 radical (unpaired) electrons. The molecule has 0 bridgehead atoms. The zero-order chi connectivity index (χ0) is 25.1. The largest absolute Gasteiger partial charge is 0.493 e. The second-order valence-electron chi connectivity index (χ2n) is 9.20. The van der Waals surface area contributed by atoms with Crippen molar-refractivity contribution in [3.8, 4) is 17.2 Å². The molecule has 1 aromatic heterocycles. The summed E-state index contributed by atoms with van der Waals surface area (Å²) < 4.78 is 22.7. The fraction of sp³-hybridized carbons (Fsp3) is 0.444. The Morgan fingerprint density at radius 2 is 1.81 bits per heavy atom. The Labute approximate surface area is 210 Å². The second kappa shape index (κ2) is 10.6. The second-order valence-corrected chi connectivity index (χ2v) is 9.20. The summed E-state index contributed by atoms with van der Waals surface area (Å²) in [5.41, 5.74) is 2.67. The number of likely N-dealkylation sites (tertiary alicyclic amines) is 1. The van der Waals surface area contributed by atoms with Gasteiger partial charge in [0.2, 0.25) is 0 Å². The van der Waals surface area contributed by atoms with Crippen LogP contribution in [0.1, 0.15) is 31.2 Å². The number of carbonyl (C=O) groups excluding carboxylic acids is 1. The van der Waals surface area contributed by atoms with Crippen LogP contribution in [0.4, 0.5) is 11.5 Å². The number of aryl methyl sites for hydroxylation is 1. The number of carbonyl (C=O) groups is 1. The molecule has 5 rings (SSSR count). The van der Waals surface area contributed by atoms with Gasteiger partial charge < -0.3 is 29.2 Å². The third kappa shape index (κ3) is 5.02. The van der Waals surface area contributed by atoms with Gasteiger partial charge >= 0.3 is 0 Å². The molecule has 1 N–H and O–H groups in total. The number of nitrogens with zero attached hydrogens (tertiary/aromatic N) is 3. The summed E-state index contributed by atoms with van der Waals surface area (Å²) in [6.45, 7) is 4.13. The van der Waals surface area contributed by atoms with Gasteiger partial charge in [0.25, 0.3) is 5.91 Å². The van der Waals surface area contributed by atoms with E-state index in [4.69, 9.17) is 18.9 Å². The van der Waals surface area contributed by atoms with Crippen molar-refractivity contribution in [2.24, 2.45) is 0 Å². The minimum Gasteiger partial charge on any atom is -0.493 e. The number of nitrogens with one attached hydrogen (secondary N) is 1. The smallest absolute Gasteiger partial charge is 0.251 e. The number of methoxy groups -OCH3 is 2. The normalized spacial score (nSPS) is 18.3. The van der Waals surface area contributed by atoms with Crippen LogP contribution in [-0.2, 0) is 9.53 Å². The van der Waals surface area contributed by atoms with Crippen molar-refractivity contribution in [1.82, 2.24) is 14.9 Å². The third-order valence-corrected chi connectivity index (χ3v) is 6.83. The highest BCUT2D eigenvalue weighted by molar-refractivity contribution is 5.93. The average molecular weight is 493 g/mol. The van der Waals surface area contributed by atoms with Gasteiger partial charge in [0, 0.05) is 49.7 Å². The topological polar surface area (TPSA) is 95.0 Å². The van der Waals surface area contributed by atoms with E-state index in [9.17, 15) is 4.79 Å². The molecule has 2 aromatic carbocycles. The molecule has 36 heavy (non-hydrogen) atoms. The lowest BCUT2D eigenvalue weighted by Gasteiger charge is -2.33. The zero-order valence-corrected chi connectivity index (χ0v) is 21.0. The molecule has 3 heterocycles. The average Bonchev–Trinajstić information content (AvgIpc) is 3.45. The summed E-state index contributed by atoms with van der Waals surface area (Å²) in [6.07, 6.45) is 4.80. The fourth-order valence-electron chi connectivity index (χ4n) is 4.83. The minimum atomic E-state index is -0.250. The summed E-state index contributed by atoms with van der Waals surface area (Å²) in [7, 11) is 3.21. The first-order valence-electron chi connectivity index (χ1n) is 12.4. The standard InChI is InChI=1S/C27H32N4O5/c1-17-13-18(30-26-20-14-24(33-2)25(34-3)15-21(20)28-16-29-26)6-7-22(17)36-19-8-10-31(11-9-19)27(32)23-5-4-12-35-23/h6-7,13-16,19,23H,4-5,8-12H2,1-3H3,(H,28,29,30). The molecule has 0 spiro atoms. The highest BCUT2D eigenvalue weighted by Gasteiger charge is 2.31. The lowest BCUT2D eigenvalue weighted by molar-refractivity contribution is -0.142. The van der Waals surface area contributed by atoms with E-state index >= 15 is 0 Å². The van der Waals surface area contributed by atoms with Crippen molar-refractivity contribution in [3.05, 3.63) is 42.2 Å². The molecule has 1 unspecified atom stereocenters. The molecule has 2 aliphatic heterocycles. The predicted octanol–water partition coefficient (Wildman–Crippen LogP) is 4.25. The van der Waals surface area contributed by atoms with Crippen LogP contribution >= 0.6 is 0 Å². The van der Waals surface area contributed by atoms with Crippen LogP contribution in [0.15, 0.2) is 36.7 Å². The van der Waals surface area contributed by atoms with Crippen LogP contribution in [-0.4, -0.2) is 66.9 Å². The molecule has 9 nitrogen and oxygen atoms in total. The number of piperidine rings is 1. The summed E-state index contributed by atoms with van der Waals surface area (Å²) >= 11 is 0. The SMILES string of the molecule is COc1cc2ncnc(Nc3ccc(OC4CCN(C(=O)C5CCCO5)CC4)c(C)c3)c2cc1OC. The molecule has 2 saturated heterocycles. The Hall–Kier alpha value is -3.59. The molecule has 2 fully saturated rings. The number of aromatic nitrogens is 2. The Morgan fingerprint density at radius 3 is 2.50 bits per heavy atom. The lowest BCUT2D eigenvalue weighted by atomic mass is 10.1. The maximum absolute atomic E-state index is 12.6. The zero-order valence-electron chi connectivity index (χ0n) is 21.0. The van der Waals surface area contributed by atoms with Gasteiger partial charge in [-0.15, -0.1) is 0 Å². The lowest BCUT2D eigenvalue weighted by Crippen LogP contribution is -2.45. The first-order chi connectivity index (χ1) is 17.6. The van der Waals surface area contributed by atoms with Crippen LogP contribution in [0, 0.1) is 6.92 Å². The van der Waals surface area contributed by atoms with E-state index < -0.39 is 0 Å². The summed E-state index contributed by atoms with van der Waals surface area (Å²) in [5, 5.41) is 4.22. The third-order valence-electron chi connectivity index (χ3n) is 6.83. The maximum atomic E-state index is 12.6. The van der Waals surface area contributed by atoms with Gasteiger partial charge in [-0.3, -0.25) is 4.79 Å². The van der Waals surface area contributed by atoms with Gasteiger partial charge in [0.15, 0.2) is 11.5 Å². The summed E-state index contributed by atoms with van der Waals surface area (Å²) in [4.78, 5) is 23.3. The van der Waals surface area contributed by atoms with E-state index in [-0.39, 0.29) is 18.1 Å². The molecule has 0 saturated carbocycles. The van der Waals surface area contributed by atoms with Crippen LogP contribution < -0.4 is 19.5 Å². The predicted molar refractivity (Wildman–Crippen MR) is 136 cm³/mol. The van der Waals surface area contributed by atoms with E-state index in [1.807, 2.05) is 42.2 Å². The van der Waals surface area contributed by atoms with Gasteiger partial charge in [-0.25, -0.2) is 9.97 Å². The Morgan fingerprint density at radius 1 is 1.03 bits per heavy atom. The number of amides is 1. The van der Waals surface area contributed by atoms with Crippen LogP contribution in [0.2, 0.25) is 0 Å². The molecule has 1 amide bonds. The fourth-order valence-corrected chi connectivity index (χ4v) is 4.83. The van der Waals surface area contributed by atoms with E-state index in [0.29, 0.717) is 37.0 Å². The number of hydrogen-bond donors (Lipinski definition) is 1. The van der Waals surface area contributed by atoms with Gasteiger partial charge in [-0.05, 0) is 49.6 Å². The number of fused-ring (bicyclic) bond motifs is 1. The summed E-state index contributed by atoms with van der Waals surface area (Å²) in [5.74, 6) is 2.90. The highest BCUT2D eigenvalue weighted by atomic mass is 16.5. The Bertz CT molecular complexity index is 1240. The molecule has 0 aliphatic carbocycles. The van der Waals surface area contributed by atoms with Crippen molar-refractivity contribution in [3.63, 3.8) is 0 Å². The number of benzene rings is 2. The number of rotatable bonds is 7. The Balaban J connectivity index is 1.24. The van der Waals surface area contributed by atoms with Crippen molar-refractivity contribution >= 4 is 28.3 Å². The van der Waals surface area contributed by atoms with Crippen LogP contribution in [0.25, 0.3) is 10.9 Å². The van der Waals surface area contributed by atoms with E-state index in [1.54, 1.807) is 14.2 Å². The quantitative estimate of drug-likeness (QED) is 0.523. The Kier molecular flexibility index (Phi) is 7.09. The minimum absolute atomic E-state index is 0.0873. The highest BCUT2D eigenvalue weighted by Crippen LogP contribution is 2.35. The first kappa shape index (κ1) is 24.1. The van der Waals surface area contributed by atoms with Crippen molar-refractivity contribution in [2.45, 2.75) is 44.8 Å². The monoisotopic (exact) mass is 492 g/mol. The van der Waals surface area contributed by atoms with Crippen molar-refractivity contribution in [1.29, 1.82) is 0 Å². The number of ether oxygens (including phenoxy) is 4. The van der Waals surface area contributed by atoms with Crippen molar-refractivity contribution < 1.29 is 23.7 Å². The van der Waals surface area contributed by atoms with Gasteiger partial charge in [0.1, 0.15) is 30.1 Å². The molecule has 190 valence electrons. The maximum Gasteiger partial charge on any atom is 0.251 e. The molecule has 9 heteroatoms. The van der Waals surface area contributed by atoms with E-state index in [0.717, 1.165) is 53.6 Å². The van der Waals surface area contributed by atoms with Gasteiger partial charge in [-0.1, -0.05) is 0 Å². The van der Waals surface area contributed by atoms with Gasteiger partial charge in [-0.2, -0.15) is 0 Å². The molecule has 1 atom stereocenters. The molecule has 3 aromatic rings. The number of hydrogen-bond acceptors (Lipinski definition) is 8. The molecular formula is C27H32N4O5. The number of anilines is 2.